The van der Waals surface area contributed by atoms with Crippen molar-refractivity contribution >= 4 is 5.78 Å². The first-order chi connectivity index (χ1) is 16.5. The van der Waals surface area contributed by atoms with Gasteiger partial charge in [0.2, 0.25) is 0 Å². The van der Waals surface area contributed by atoms with Crippen molar-refractivity contribution in [2.24, 2.45) is 0 Å². The van der Waals surface area contributed by atoms with Crippen LogP contribution in [0.4, 0.5) is 0 Å². The van der Waals surface area contributed by atoms with Crippen LogP contribution in [0.1, 0.15) is 34.9 Å². The zero-order valence-corrected chi connectivity index (χ0v) is 19.0. The van der Waals surface area contributed by atoms with Gasteiger partial charge in [0, 0.05) is 23.9 Å². The van der Waals surface area contributed by atoms with Gasteiger partial charge >= 0.3 is 0 Å². The molecule has 2 aromatic carbocycles. The Labute approximate surface area is 197 Å². The number of rotatable bonds is 8. The van der Waals surface area contributed by atoms with Crippen LogP contribution in [0.25, 0.3) is 16.9 Å². The lowest BCUT2D eigenvalue weighted by Crippen LogP contribution is -2.19. The van der Waals surface area contributed by atoms with Gasteiger partial charge in [0.1, 0.15) is 5.78 Å². The van der Waals surface area contributed by atoms with Gasteiger partial charge in [-0.2, -0.15) is 5.26 Å². The van der Waals surface area contributed by atoms with Crippen molar-refractivity contribution in [3.05, 3.63) is 105 Å². The summed E-state index contributed by atoms with van der Waals surface area (Å²) in [6.45, 7) is 4.05. The number of ketones is 1. The quantitative estimate of drug-likeness (QED) is 0.431. The molecular formula is C27H24N4O3. The summed E-state index contributed by atoms with van der Waals surface area (Å²) in [5.74, 6) is 0.397. The molecule has 0 aliphatic heterocycles. The van der Waals surface area contributed by atoms with Crippen LogP contribution in [0.2, 0.25) is 0 Å². The van der Waals surface area contributed by atoms with Crippen LogP contribution >= 0.6 is 0 Å². The van der Waals surface area contributed by atoms with Gasteiger partial charge in [-0.25, -0.2) is 9.67 Å². The number of hydrogen-bond acceptors (Lipinski definition) is 5. The summed E-state index contributed by atoms with van der Waals surface area (Å²) in [6, 6.07) is 21.3. The van der Waals surface area contributed by atoms with E-state index in [0.29, 0.717) is 35.9 Å². The number of nitrogens with zero attached hydrogens (tertiary/aromatic N) is 3. The summed E-state index contributed by atoms with van der Waals surface area (Å²) in [6.07, 6.45) is 1.77. The molecule has 0 saturated heterocycles. The number of benzene rings is 2. The zero-order chi connectivity index (χ0) is 24.1. The Morgan fingerprint density at radius 2 is 1.76 bits per heavy atom. The molecule has 4 rings (SSSR count). The maximum Gasteiger partial charge on any atom is 0.276 e. The van der Waals surface area contributed by atoms with E-state index in [2.05, 4.69) is 16.2 Å². The molecule has 170 valence electrons. The van der Waals surface area contributed by atoms with Gasteiger partial charge in [-0.05, 0) is 48.2 Å². The SMILES string of the molecule is CC(=O)Cc1c(C)[nH]n(-c2ccc(COCc3ccc(-c4ccccc4C#N)cc3)cn2)c1=O. The summed E-state index contributed by atoms with van der Waals surface area (Å²) in [5, 5.41) is 12.3. The number of nitrogens with one attached hydrogen (secondary N) is 1. The van der Waals surface area contributed by atoms with Crippen LogP contribution in [-0.4, -0.2) is 20.5 Å². The van der Waals surface area contributed by atoms with E-state index in [9.17, 15) is 14.9 Å². The number of aromatic nitrogens is 3. The molecule has 4 aromatic rings. The summed E-state index contributed by atoms with van der Waals surface area (Å²) >= 11 is 0. The van der Waals surface area contributed by atoms with Crippen molar-refractivity contribution in [1.82, 2.24) is 14.8 Å². The number of Topliss-reactive ketones (excluding diaryl/α,β-unsaturated/α-hetero) is 1. The fraction of sp³-hybridized carbons (Fsp3) is 0.185. The number of pyridine rings is 1. The second-order valence-electron chi connectivity index (χ2n) is 8.11. The summed E-state index contributed by atoms with van der Waals surface area (Å²) in [7, 11) is 0. The Bertz CT molecular complexity index is 1410. The number of aryl methyl sites for hydroxylation is 1. The van der Waals surface area contributed by atoms with Crippen molar-refractivity contribution in [3.63, 3.8) is 0 Å². The average Bonchev–Trinajstić information content (AvgIpc) is 3.13. The monoisotopic (exact) mass is 452 g/mol. The molecule has 0 spiro atoms. The minimum absolute atomic E-state index is 0.0616. The van der Waals surface area contributed by atoms with Crippen molar-refractivity contribution < 1.29 is 9.53 Å². The highest BCUT2D eigenvalue weighted by Gasteiger charge is 2.14. The number of nitriles is 1. The third-order valence-electron chi connectivity index (χ3n) is 5.51. The highest BCUT2D eigenvalue weighted by atomic mass is 16.5. The number of aromatic amines is 1. The second kappa shape index (κ2) is 10.1. The van der Waals surface area contributed by atoms with Crippen molar-refractivity contribution in [3.8, 4) is 23.0 Å². The van der Waals surface area contributed by atoms with E-state index in [-0.39, 0.29) is 17.8 Å². The van der Waals surface area contributed by atoms with Crippen molar-refractivity contribution in [1.29, 1.82) is 5.26 Å². The number of H-pyrrole nitrogens is 1. The Balaban J connectivity index is 1.37. The molecule has 0 saturated carbocycles. The Kier molecular flexibility index (Phi) is 6.81. The van der Waals surface area contributed by atoms with E-state index in [4.69, 9.17) is 4.74 Å². The molecule has 34 heavy (non-hydrogen) atoms. The van der Waals surface area contributed by atoms with Gasteiger partial charge in [0.25, 0.3) is 5.56 Å². The average molecular weight is 453 g/mol. The molecule has 0 aliphatic carbocycles. The minimum Gasteiger partial charge on any atom is -0.372 e. The summed E-state index contributed by atoms with van der Waals surface area (Å²) < 4.78 is 7.18. The van der Waals surface area contributed by atoms with Gasteiger partial charge < -0.3 is 4.74 Å². The Morgan fingerprint density at radius 1 is 1.06 bits per heavy atom. The third-order valence-corrected chi connectivity index (χ3v) is 5.51. The lowest BCUT2D eigenvalue weighted by Gasteiger charge is -2.08. The number of carbonyl (C=O) groups excluding carboxylic acids is 1. The minimum atomic E-state index is -0.259. The van der Waals surface area contributed by atoms with Crippen LogP contribution in [0.5, 0.6) is 0 Å². The van der Waals surface area contributed by atoms with E-state index in [0.717, 1.165) is 22.3 Å². The topological polar surface area (TPSA) is 101 Å². The lowest BCUT2D eigenvalue weighted by molar-refractivity contribution is -0.116. The number of ether oxygens (including phenoxy) is 1. The Hall–Kier alpha value is -4.28. The van der Waals surface area contributed by atoms with Crippen LogP contribution < -0.4 is 5.56 Å². The van der Waals surface area contributed by atoms with Crippen LogP contribution in [0.3, 0.4) is 0 Å². The van der Waals surface area contributed by atoms with Crippen LogP contribution in [-0.2, 0) is 29.2 Å². The highest BCUT2D eigenvalue weighted by molar-refractivity contribution is 5.78. The van der Waals surface area contributed by atoms with E-state index in [1.54, 1.807) is 19.2 Å². The lowest BCUT2D eigenvalue weighted by atomic mass is 9.99. The largest absolute Gasteiger partial charge is 0.372 e. The molecule has 0 aliphatic rings. The van der Waals surface area contributed by atoms with Gasteiger partial charge in [-0.1, -0.05) is 48.5 Å². The smallest absolute Gasteiger partial charge is 0.276 e. The van der Waals surface area contributed by atoms with Crippen molar-refractivity contribution in [2.75, 3.05) is 0 Å². The van der Waals surface area contributed by atoms with Gasteiger partial charge in [0.05, 0.1) is 24.8 Å². The molecule has 0 amide bonds. The molecule has 2 aromatic heterocycles. The van der Waals surface area contributed by atoms with Crippen molar-refractivity contribution in [2.45, 2.75) is 33.5 Å². The standard InChI is InChI=1S/C27H24N4O3/c1-18(32)13-25-19(2)30-31(27(25)33)26-12-9-21(15-29-26)17-34-16-20-7-10-22(11-8-20)24-6-4-3-5-23(24)14-28/h3-12,15,30H,13,16-17H2,1-2H3. The van der Waals surface area contributed by atoms with Crippen LogP contribution in [0.15, 0.2) is 71.7 Å². The predicted molar refractivity (Wildman–Crippen MR) is 128 cm³/mol. The molecule has 7 nitrogen and oxygen atoms in total. The third kappa shape index (κ3) is 5.03. The molecule has 0 unspecified atom stereocenters. The summed E-state index contributed by atoms with van der Waals surface area (Å²) in [5.41, 5.74) is 5.31. The molecule has 0 atom stereocenters. The van der Waals surface area contributed by atoms with E-state index in [1.165, 1.54) is 11.6 Å². The molecular weight excluding hydrogens is 428 g/mol. The Morgan fingerprint density at radius 3 is 2.44 bits per heavy atom. The van der Waals surface area contributed by atoms with E-state index < -0.39 is 0 Å². The molecule has 0 fully saturated rings. The first-order valence-electron chi connectivity index (χ1n) is 10.9. The normalized spacial score (nSPS) is 10.7. The molecule has 7 heteroatoms. The first-order valence-corrected chi connectivity index (χ1v) is 10.9. The maximum absolute atomic E-state index is 12.6. The summed E-state index contributed by atoms with van der Waals surface area (Å²) in [4.78, 5) is 28.4. The fourth-order valence-corrected chi connectivity index (χ4v) is 3.73. The van der Waals surface area contributed by atoms with E-state index in [1.807, 2.05) is 54.6 Å². The molecule has 0 radical (unpaired) electrons. The van der Waals surface area contributed by atoms with E-state index >= 15 is 0 Å². The van der Waals surface area contributed by atoms with Gasteiger partial charge in [-0.3, -0.25) is 14.7 Å². The molecule has 0 bridgehead atoms. The number of carbonyl (C=O) groups is 1. The fourth-order valence-electron chi connectivity index (χ4n) is 3.73. The molecule has 2 heterocycles. The first kappa shape index (κ1) is 22.9. The van der Waals surface area contributed by atoms with Crippen LogP contribution in [0, 0.1) is 18.3 Å². The highest BCUT2D eigenvalue weighted by Crippen LogP contribution is 2.23. The predicted octanol–water partition coefficient (Wildman–Crippen LogP) is 4.26. The van der Waals surface area contributed by atoms with Gasteiger partial charge in [0.15, 0.2) is 5.82 Å². The second-order valence-corrected chi connectivity index (χ2v) is 8.11. The maximum atomic E-state index is 12.6. The van der Waals surface area contributed by atoms with Gasteiger partial charge in [-0.15, -0.1) is 0 Å². The molecule has 1 N–H and O–H groups in total. The number of hydrogen-bond donors (Lipinski definition) is 1. The zero-order valence-electron chi connectivity index (χ0n) is 19.0.